The molecule has 8 heteroatoms. The predicted molar refractivity (Wildman–Crippen MR) is 106 cm³/mol. The number of alkyl halides is 3. The molecule has 0 atom stereocenters. The minimum Gasteiger partial charge on any atom is -0.496 e. The summed E-state index contributed by atoms with van der Waals surface area (Å²) in [6.07, 6.45) is 2.58. The number of hydrogen-bond donors (Lipinski definition) is 1. The highest BCUT2D eigenvalue weighted by Gasteiger charge is 2.00. The van der Waals surface area contributed by atoms with Crippen molar-refractivity contribution in [2.24, 2.45) is 0 Å². The molecule has 4 nitrogen and oxygen atoms in total. The molecule has 0 aliphatic rings. The van der Waals surface area contributed by atoms with Crippen molar-refractivity contribution in [2.75, 3.05) is 44.4 Å². The number of carboxylic acids is 1. The summed E-state index contributed by atoms with van der Waals surface area (Å²) in [5, 5.41) is 8.41. The quantitative estimate of drug-likeness (QED) is 0.481. The number of carbonyl (C=O) groups is 1. The number of halogens is 4. The number of para-hydroxylation sites is 1. The molecule has 0 radical (unpaired) electrons. The summed E-state index contributed by atoms with van der Waals surface area (Å²) in [5.41, 5.74) is 0.757. The van der Waals surface area contributed by atoms with Crippen LogP contribution in [0.4, 0.5) is 0 Å². The molecule has 0 aliphatic heterocycles. The summed E-state index contributed by atoms with van der Waals surface area (Å²) in [4.78, 5) is 12.4. The number of methoxy groups -OCH3 is 1. The van der Waals surface area contributed by atoms with E-state index in [0.717, 1.165) is 31.3 Å². The van der Waals surface area contributed by atoms with Crippen LogP contribution in [-0.4, -0.2) is 60.4 Å². The molecule has 0 saturated carbocycles. The van der Waals surface area contributed by atoms with Crippen molar-refractivity contribution in [3.63, 3.8) is 0 Å². The minimum atomic E-state index is -0.967. The highest BCUT2D eigenvalue weighted by Crippen LogP contribution is 2.18. The van der Waals surface area contributed by atoms with Crippen LogP contribution in [0, 0.1) is 0 Å². The van der Waals surface area contributed by atoms with E-state index in [-0.39, 0.29) is 12.4 Å². The maximum absolute atomic E-state index is 10.2. The Labute approximate surface area is 164 Å². The molecule has 0 fully saturated rings. The molecule has 1 aromatic carbocycles. The van der Waals surface area contributed by atoms with Crippen molar-refractivity contribution in [1.82, 2.24) is 4.90 Å². The predicted octanol–water partition coefficient (Wildman–Crippen LogP) is 4.22. The van der Waals surface area contributed by atoms with Crippen molar-refractivity contribution >= 4 is 59.3 Å². The number of nitrogens with zero attached hydrogens (tertiary/aromatic N) is 1. The molecule has 1 N–H and O–H groups in total. The van der Waals surface area contributed by atoms with Gasteiger partial charge in [0.1, 0.15) is 5.75 Å². The van der Waals surface area contributed by atoms with Gasteiger partial charge in [-0.05, 0) is 12.1 Å². The van der Waals surface area contributed by atoms with E-state index in [4.69, 9.17) is 44.6 Å². The summed E-state index contributed by atoms with van der Waals surface area (Å²) in [6, 6.07) is 7.22. The van der Waals surface area contributed by atoms with Crippen LogP contribution in [0.1, 0.15) is 5.56 Å². The number of aliphatic carboxylic acids is 1. The van der Waals surface area contributed by atoms with Crippen molar-refractivity contribution < 1.29 is 14.6 Å². The molecule has 0 bridgehead atoms. The van der Waals surface area contributed by atoms with Gasteiger partial charge in [-0.3, -0.25) is 4.90 Å². The Morgan fingerprint density at radius 3 is 2.04 bits per heavy atom. The second kappa shape index (κ2) is 17.2. The number of hydrogen-bond acceptors (Lipinski definition) is 3. The van der Waals surface area contributed by atoms with Crippen molar-refractivity contribution in [2.45, 2.75) is 0 Å². The summed E-state index contributed by atoms with van der Waals surface area (Å²) in [6.45, 7) is 2.63. The Hall–Kier alpha value is -0.650. The molecular formula is C16H23Cl4NO3. The van der Waals surface area contributed by atoms with Crippen LogP contribution < -0.4 is 4.74 Å². The van der Waals surface area contributed by atoms with E-state index in [1.165, 1.54) is 6.08 Å². The molecule has 138 valence electrons. The molecule has 0 saturated heterocycles. The van der Waals surface area contributed by atoms with Crippen LogP contribution >= 0.6 is 47.2 Å². The SMILES string of the molecule is COc1ccccc1C=CC(=O)O.Cl.ClCCN(CCCl)CCCl. The first-order valence-corrected chi connectivity index (χ1v) is 8.63. The minimum absolute atomic E-state index is 0. The number of carboxylic acid groups (broad SMARTS) is 1. The number of ether oxygens (including phenoxy) is 1. The number of benzene rings is 1. The van der Waals surface area contributed by atoms with Gasteiger partial charge < -0.3 is 9.84 Å². The first kappa shape index (κ1) is 25.6. The lowest BCUT2D eigenvalue weighted by Crippen LogP contribution is -2.29. The summed E-state index contributed by atoms with van der Waals surface area (Å²) in [7, 11) is 1.55. The third kappa shape index (κ3) is 12.7. The molecule has 0 aliphatic carbocycles. The maximum atomic E-state index is 10.2. The summed E-state index contributed by atoms with van der Waals surface area (Å²) >= 11 is 16.6. The molecule has 0 unspecified atom stereocenters. The third-order valence-corrected chi connectivity index (χ3v) is 3.25. The Balaban J connectivity index is 0. The Kier molecular flexibility index (Phi) is 18.3. The van der Waals surface area contributed by atoms with Crippen LogP contribution in [-0.2, 0) is 4.79 Å². The first-order valence-electron chi connectivity index (χ1n) is 7.03. The normalized spacial score (nSPS) is 10.0. The van der Waals surface area contributed by atoms with E-state index in [0.29, 0.717) is 23.4 Å². The van der Waals surface area contributed by atoms with Crippen molar-refractivity contribution in [3.05, 3.63) is 35.9 Å². The van der Waals surface area contributed by atoms with Gasteiger partial charge >= 0.3 is 5.97 Å². The van der Waals surface area contributed by atoms with Gasteiger partial charge in [0.2, 0.25) is 0 Å². The van der Waals surface area contributed by atoms with Crippen molar-refractivity contribution in [3.8, 4) is 5.75 Å². The molecule has 0 heterocycles. The Morgan fingerprint density at radius 1 is 1.12 bits per heavy atom. The fourth-order valence-corrected chi connectivity index (χ4v) is 2.38. The molecule has 0 aromatic heterocycles. The van der Waals surface area contributed by atoms with Crippen LogP contribution in [0.3, 0.4) is 0 Å². The van der Waals surface area contributed by atoms with Crippen molar-refractivity contribution in [1.29, 1.82) is 0 Å². The molecule has 0 amide bonds. The largest absolute Gasteiger partial charge is 0.496 e. The van der Waals surface area contributed by atoms with Gasteiger partial charge in [0.05, 0.1) is 7.11 Å². The van der Waals surface area contributed by atoms with Crippen LogP contribution in [0.5, 0.6) is 5.75 Å². The molecule has 24 heavy (non-hydrogen) atoms. The van der Waals surface area contributed by atoms with Gasteiger partial charge in [-0.2, -0.15) is 0 Å². The Morgan fingerprint density at radius 2 is 1.62 bits per heavy atom. The highest BCUT2D eigenvalue weighted by atomic mass is 35.5. The van der Waals surface area contributed by atoms with Crippen LogP contribution in [0.25, 0.3) is 6.08 Å². The average Bonchev–Trinajstić information content (AvgIpc) is 2.54. The van der Waals surface area contributed by atoms with E-state index in [1.807, 2.05) is 12.1 Å². The Bertz CT molecular complexity index is 458. The molecular weight excluding hydrogens is 396 g/mol. The lowest BCUT2D eigenvalue weighted by Gasteiger charge is -2.17. The smallest absolute Gasteiger partial charge is 0.328 e. The van der Waals surface area contributed by atoms with Gasteiger partial charge in [0.15, 0.2) is 0 Å². The fourth-order valence-electron chi connectivity index (χ4n) is 1.66. The second-order valence-corrected chi connectivity index (χ2v) is 5.46. The lowest BCUT2D eigenvalue weighted by atomic mass is 10.2. The van der Waals surface area contributed by atoms with Gasteiger partial charge in [0, 0.05) is 48.9 Å². The van der Waals surface area contributed by atoms with Gasteiger partial charge in [-0.25, -0.2) is 4.79 Å². The van der Waals surface area contributed by atoms with E-state index in [9.17, 15) is 4.79 Å². The first-order chi connectivity index (χ1) is 11.1. The lowest BCUT2D eigenvalue weighted by molar-refractivity contribution is -0.131. The maximum Gasteiger partial charge on any atom is 0.328 e. The van der Waals surface area contributed by atoms with E-state index >= 15 is 0 Å². The van der Waals surface area contributed by atoms with E-state index in [1.54, 1.807) is 19.2 Å². The summed E-state index contributed by atoms with van der Waals surface area (Å²) in [5.74, 6) is 1.64. The van der Waals surface area contributed by atoms with Gasteiger partial charge in [-0.1, -0.05) is 18.2 Å². The van der Waals surface area contributed by atoms with E-state index < -0.39 is 5.97 Å². The zero-order valence-electron chi connectivity index (χ0n) is 13.5. The zero-order valence-corrected chi connectivity index (χ0v) is 16.5. The topological polar surface area (TPSA) is 49.8 Å². The highest BCUT2D eigenvalue weighted by molar-refractivity contribution is 6.18. The van der Waals surface area contributed by atoms with Crippen LogP contribution in [0.2, 0.25) is 0 Å². The molecule has 0 spiro atoms. The second-order valence-electron chi connectivity index (χ2n) is 4.32. The van der Waals surface area contributed by atoms with Gasteiger partial charge in [0.25, 0.3) is 0 Å². The monoisotopic (exact) mass is 417 g/mol. The molecule has 1 rings (SSSR count). The summed E-state index contributed by atoms with van der Waals surface area (Å²) < 4.78 is 5.03. The number of rotatable bonds is 9. The zero-order chi connectivity index (χ0) is 17.5. The molecule has 1 aromatic rings. The van der Waals surface area contributed by atoms with Gasteiger partial charge in [-0.15, -0.1) is 47.2 Å². The average molecular weight is 419 g/mol. The standard InChI is InChI=1S/C10H10O3.C6H12Cl3N.ClH/c1-13-9-5-3-2-4-8(9)6-7-10(11)12;7-1-4-10(5-2-8)6-3-9;/h2-7H,1H3,(H,11,12);1-6H2;1H. The fraction of sp³-hybridized carbons (Fsp3) is 0.438. The van der Waals surface area contributed by atoms with E-state index in [2.05, 4.69) is 4.90 Å². The third-order valence-electron chi connectivity index (χ3n) is 2.75. The van der Waals surface area contributed by atoms with Crippen LogP contribution in [0.15, 0.2) is 30.3 Å².